The highest BCUT2D eigenvalue weighted by Gasteiger charge is 2.28. The van der Waals surface area contributed by atoms with E-state index in [1.54, 1.807) is 0 Å². The number of nitrogens with one attached hydrogen (secondary N) is 2. The van der Waals surface area contributed by atoms with Crippen LogP contribution in [0.4, 0.5) is 0 Å². The predicted molar refractivity (Wildman–Crippen MR) is 68.8 cm³/mol. The molecule has 4 nitrogen and oxygen atoms in total. The molecule has 1 aliphatic heterocycles. The minimum atomic E-state index is -0.393. The normalized spacial score (nSPS) is 19.1. The van der Waals surface area contributed by atoms with E-state index in [-0.39, 0.29) is 12.0 Å². The van der Waals surface area contributed by atoms with Crippen LogP contribution in [0.2, 0.25) is 0 Å². The lowest BCUT2D eigenvalue weighted by molar-refractivity contribution is -0.120. The van der Waals surface area contributed by atoms with Crippen LogP contribution in [0.5, 0.6) is 5.75 Å². The summed E-state index contributed by atoms with van der Waals surface area (Å²) >= 11 is 4.89. The average molecular weight is 250 g/mol. The summed E-state index contributed by atoms with van der Waals surface area (Å²) in [6.07, 6.45) is 0.140. The molecule has 1 aromatic carbocycles. The van der Waals surface area contributed by atoms with Gasteiger partial charge in [-0.05, 0) is 43.8 Å². The SMILES string of the molecule is CC(C)Oc1ccc(C2NC(=S)NC2=O)cc1. The van der Waals surface area contributed by atoms with E-state index in [4.69, 9.17) is 17.0 Å². The zero-order chi connectivity index (χ0) is 12.4. The number of carbonyl (C=O) groups is 1. The average Bonchev–Trinajstić information content (AvgIpc) is 2.58. The molecule has 2 rings (SSSR count). The molecule has 1 aromatic rings. The molecule has 1 heterocycles. The van der Waals surface area contributed by atoms with Crippen LogP contribution in [0.3, 0.4) is 0 Å². The summed E-state index contributed by atoms with van der Waals surface area (Å²) in [7, 11) is 0. The first-order valence-corrected chi connectivity index (χ1v) is 5.85. The van der Waals surface area contributed by atoms with Gasteiger partial charge in [0.25, 0.3) is 5.91 Å². The smallest absolute Gasteiger partial charge is 0.253 e. The molecule has 2 N–H and O–H groups in total. The van der Waals surface area contributed by atoms with E-state index < -0.39 is 6.04 Å². The molecular formula is C12H14N2O2S. The third-order valence-electron chi connectivity index (χ3n) is 2.36. The van der Waals surface area contributed by atoms with Gasteiger partial charge in [0.05, 0.1) is 6.10 Å². The van der Waals surface area contributed by atoms with Gasteiger partial charge in [-0.3, -0.25) is 4.79 Å². The van der Waals surface area contributed by atoms with Gasteiger partial charge in [0.15, 0.2) is 5.11 Å². The van der Waals surface area contributed by atoms with Crippen LogP contribution in [0.1, 0.15) is 25.5 Å². The Balaban J connectivity index is 2.13. The molecule has 5 heteroatoms. The third-order valence-corrected chi connectivity index (χ3v) is 2.58. The number of benzene rings is 1. The van der Waals surface area contributed by atoms with Crippen molar-refractivity contribution in [2.75, 3.05) is 0 Å². The molecule has 0 aliphatic carbocycles. The van der Waals surface area contributed by atoms with Crippen molar-refractivity contribution in [3.63, 3.8) is 0 Å². The molecular weight excluding hydrogens is 236 g/mol. The van der Waals surface area contributed by atoms with Crippen molar-refractivity contribution in [3.8, 4) is 5.75 Å². The highest BCUT2D eigenvalue weighted by atomic mass is 32.1. The zero-order valence-electron chi connectivity index (χ0n) is 9.69. The lowest BCUT2D eigenvalue weighted by Crippen LogP contribution is -2.21. The van der Waals surface area contributed by atoms with Crippen LogP contribution in [0, 0.1) is 0 Å². The first-order valence-electron chi connectivity index (χ1n) is 5.44. The summed E-state index contributed by atoms with van der Waals surface area (Å²) < 4.78 is 5.53. The number of rotatable bonds is 3. The van der Waals surface area contributed by atoms with E-state index in [0.717, 1.165) is 11.3 Å². The maximum Gasteiger partial charge on any atom is 0.253 e. The van der Waals surface area contributed by atoms with Gasteiger partial charge in [-0.25, -0.2) is 0 Å². The Kier molecular flexibility index (Phi) is 3.28. The fourth-order valence-corrected chi connectivity index (χ4v) is 1.88. The summed E-state index contributed by atoms with van der Waals surface area (Å²) in [5.41, 5.74) is 0.874. The van der Waals surface area contributed by atoms with Crippen LogP contribution < -0.4 is 15.4 Å². The van der Waals surface area contributed by atoms with Gasteiger partial charge in [-0.2, -0.15) is 0 Å². The Hall–Kier alpha value is -1.62. The Labute approximate surface area is 105 Å². The van der Waals surface area contributed by atoms with Crippen molar-refractivity contribution in [1.82, 2.24) is 10.6 Å². The Morgan fingerprint density at radius 3 is 2.41 bits per heavy atom. The number of hydrogen-bond donors (Lipinski definition) is 2. The monoisotopic (exact) mass is 250 g/mol. The van der Waals surface area contributed by atoms with Crippen LogP contribution in [-0.2, 0) is 4.79 Å². The summed E-state index contributed by atoms with van der Waals surface area (Å²) in [4.78, 5) is 11.6. The van der Waals surface area contributed by atoms with Crippen LogP contribution in [0.25, 0.3) is 0 Å². The molecule has 1 atom stereocenters. The van der Waals surface area contributed by atoms with Gasteiger partial charge >= 0.3 is 0 Å². The highest BCUT2D eigenvalue weighted by Crippen LogP contribution is 2.20. The second kappa shape index (κ2) is 4.71. The molecule has 0 spiro atoms. The van der Waals surface area contributed by atoms with Gasteiger partial charge < -0.3 is 15.4 Å². The minimum Gasteiger partial charge on any atom is -0.491 e. The molecule has 0 saturated carbocycles. The van der Waals surface area contributed by atoms with Crippen molar-refractivity contribution in [1.29, 1.82) is 0 Å². The van der Waals surface area contributed by atoms with E-state index in [1.165, 1.54) is 0 Å². The summed E-state index contributed by atoms with van der Waals surface area (Å²) in [6.45, 7) is 3.94. The van der Waals surface area contributed by atoms with Crippen LogP contribution in [-0.4, -0.2) is 17.1 Å². The molecule has 0 aromatic heterocycles. The zero-order valence-corrected chi connectivity index (χ0v) is 10.5. The molecule has 1 aliphatic rings. The topological polar surface area (TPSA) is 50.4 Å². The first-order chi connectivity index (χ1) is 8.06. The number of amides is 1. The Morgan fingerprint density at radius 1 is 1.29 bits per heavy atom. The van der Waals surface area contributed by atoms with Gasteiger partial charge in [0, 0.05) is 0 Å². The number of ether oxygens (including phenoxy) is 1. The number of thiocarbonyl (C=S) groups is 1. The summed E-state index contributed by atoms with van der Waals surface area (Å²) in [5, 5.41) is 5.85. The molecule has 1 unspecified atom stereocenters. The highest BCUT2D eigenvalue weighted by molar-refractivity contribution is 7.80. The van der Waals surface area contributed by atoms with Crippen LogP contribution >= 0.6 is 12.2 Å². The Bertz CT molecular complexity index is 442. The summed E-state index contributed by atoms with van der Waals surface area (Å²) in [6, 6.07) is 7.04. The predicted octanol–water partition coefficient (Wildman–Crippen LogP) is 1.52. The van der Waals surface area contributed by atoms with E-state index >= 15 is 0 Å². The fourth-order valence-electron chi connectivity index (χ4n) is 1.66. The van der Waals surface area contributed by atoms with Gasteiger partial charge in [-0.1, -0.05) is 12.1 Å². The van der Waals surface area contributed by atoms with E-state index in [0.29, 0.717) is 5.11 Å². The van der Waals surface area contributed by atoms with Gasteiger partial charge in [0.1, 0.15) is 11.8 Å². The standard InChI is InChI=1S/C12H14N2O2S/c1-7(2)16-9-5-3-8(4-6-9)10-11(15)14-12(17)13-10/h3-7,10H,1-2H3,(H2,13,14,15,17). The minimum absolute atomic E-state index is 0.118. The van der Waals surface area contributed by atoms with E-state index in [2.05, 4.69) is 10.6 Å². The largest absolute Gasteiger partial charge is 0.491 e. The molecule has 90 valence electrons. The van der Waals surface area contributed by atoms with Crippen LogP contribution in [0.15, 0.2) is 24.3 Å². The lowest BCUT2D eigenvalue weighted by Gasteiger charge is -2.12. The van der Waals surface area contributed by atoms with E-state index in [9.17, 15) is 4.79 Å². The molecule has 0 bridgehead atoms. The second-order valence-corrected chi connectivity index (χ2v) is 4.54. The molecule has 0 radical (unpaired) electrons. The quantitative estimate of drug-likeness (QED) is 0.799. The van der Waals surface area contributed by atoms with Crippen molar-refractivity contribution in [2.45, 2.75) is 26.0 Å². The third kappa shape index (κ3) is 2.74. The van der Waals surface area contributed by atoms with Gasteiger partial charge in [0.2, 0.25) is 0 Å². The van der Waals surface area contributed by atoms with Crippen molar-refractivity contribution < 1.29 is 9.53 Å². The maximum atomic E-state index is 11.6. The number of hydrogen-bond acceptors (Lipinski definition) is 3. The van der Waals surface area contributed by atoms with Crippen molar-refractivity contribution in [2.24, 2.45) is 0 Å². The Morgan fingerprint density at radius 2 is 1.94 bits per heavy atom. The molecule has 1 saturated heterocycles. The summed E-state index contributed by atoms with van der Waals surface area (Å²) in [5.74, 6) is 0.678. The number of carbonyl (C=O) groups excluding carboxylic acids is 1. The van der Waals surface area contributed by atoms with Crippen molar-refractivity contribution in [3.05, 3.63) is 29.8 Å². The lowest BCUT2D eigenvalue weighted by atomic mass is 10.1. The fraction of sp³-hybridized carbons (Fsp3) is 0.333. The second-order valence-electron chi connectivity index (χ2n) is 4.13. The maximum absolute atomic E-state index is 11.6. The van der Waals surface area contributed by atoms with E-state index in [1.807, 2.05) is 38.1 Å². The molecule has 1 fully saturated rings. The molecule has 17 heavy (non-hydrogen) atoms. The first kappa shape index (κ1) is 11.9. The van der Waals surface area contributed by atoms with Crippen molar-refractivity contribution >= 4 is 23.2 Å². The molecule has 1 amide bonds. The van der Waals surface area contributed by atoms with Gasteiger partial charge in [-0.15, -0.1) is 0 Å².